The van der Waals surface area contributed by atoms with Gasteiger partial charge in [-0.05, 0) is 69.3 Å². The highest BCUT2D eigenvalue weighted by Crippen LogP contribution is 2.24. The van der Waals surface area contributed by atoms with Crippen LogP contribution in [0, 0.1) is 12.7 Å². The van der Waals surface area contributed by atoms with E-state index in [4.69, 9.17) is 4.74 Å². The lowest BCUT2D eigenvalue weighted by atomic mass is 9.98. The molecule has 1 saturated heterocycles. The van der Waals surface area contributed by atoms with Crippen LogP contribution >= 0.6 is 0 Å². The van der Waals surface area contributed by atoms with Crippen molar-refractivity contribution in [3.05, 3.63) is 35.1 Å². The molecule has 1 aromatic carbocycles. The van der Waals surface area contributed by atoms with Crippen molar-refractivity contribution in [2.75, 3.05) is 13.7 Å². The Bertz CT molecular complexity index is 381. The van der Waals surface area contributed by atoms with Gasteiger partial charge in [0.2, 0.25) is 0 Å². The Labute approximate surface area is 115 Å². The molecule has 1 heterocycles. The third-order valence-electron chi connectivity index (χ3n) is 3.86. The summed E-state index contributed by atoms with van der Waals surface area (Å²) in [4.78, 5) is 0. The van der Waals surface area contributed by atoms with Gasteiger partial charge in [-0.15, -0.1) is 0 Å². The van der Waals surface area contributed by atoms with Gasteiger partial charge in [0.1, 0.15) is 5.82 Å². The Morgan fingerprint density at radius 1 is 1.42 bits per heavy atom. The van der Waals surface area contributed by atoms with Gasteiger partial charge in [0, 0.05) is 12.6 Å². The molecule has 2 rings (SSSR count). The van der Waals surface area contributed by atoms with E-state index >= 15 is 0 Å². The summed E-state index contributed by atoms with van der Waals surface area (Å²) in [5.74, 6) is -0.144. The normalized spacial score (nSPS) is 20.7. The minimum atomic E-state index is -0.144. The van der Waals surface area contributed by atoms with Crippen molar-refractivity contribution in [1.29, 1.82) is 0 Å². The molecule has 0 spiro atoms. The lowest BCUT2D eigenvalue weighted by Crippen LogP contribution is -2.17. The molecule has 3 heteroatoms. The molecule has 2 unspecified atom stereocenters. The first kappa shape index (κ1) is 14.5. The smallest absolute Gasteiger partial charge is 0.123 e. The highest BCUT2D eigenvalue weighted by molar-refractivity contribution is 5.26. The fourth-order valence-electron chi connectivity index (χ4n) is 2.87. The summed E-state index contributed by atoms with van der Waals surface area (Å²) in [6.07, 6.45) is 6.11. The number of nitrogens with one attached hydrogen (secondary N) is 1. The van der Waals surface area contributed by atoms with Gasteiger partial charge in [-0.3, -0.25) is 0 Å². The van der Waals surface area contributed by atoms with Crippen LogP contribution in [0.3, 0.4) is 0 Å². The molecule has 0 saturated carbocycles. The number of ether oxygens (including phenoxy) is 1. The van der Waals surface area contributed by atoms with E-state index < -0.39 is 0 Å². The fraction of sp³-hybridized carbons (Fsp3) is 0.625. The van der Waals surface area contributed by atoms with Crippen molar-refractivity contribution >= 4 is 0 Å². The maximum Gasteiger partial charge on any atom is 0.123 e. The molecule has 1 fully saturated rings. The second kappa shape index (κ2) is 7.01. The number of hydrogen-bond acceptors (Lipinski definition) is 2. The molecule has 0 bridgehead atoms. The van der Waals surface area contributed by atoms with Crippen molar-refractivity contribution in [3.8, 4) is 0 Å². The Hall–Kier alpha value is -0.930. The largest absolute Gasteiger partial charge is 0.378 e. The van der Waals surface area contributed by atoms with E-state index in [1.807, 2.05) is 14.0 Å². The Morgan fingerprint density at radius 2 is 2.26 bits per heavy atom. The molecule has 106 valence electrons. The molecular formula is C16H24FNO. The van der Waals surface area contributed by atoms with Gasteiger partial charge >= 0.3 is 0 Å². The summed E-state index contributed by atoms with van der Waals surface area (Å²) in [5, 5.41) is 3.29. The maximum atomic E-state index is 13.4. The fourth-order valence-corrected chi connectivity index (χ4v) is 2.87. The summed E-state index contributed by atoms with van der Waals surface area (Å²) in [6.45, 7) is 2.86. The second-order valence-electron chi connectivity index (χ2n) is 5.47. The highest BCUT2D eigenvalue weighted by atomic mass is 19.1. The zero-order chi connectivity index (χ0) is 13.7. The van der Waals surface area contributed by atoms with Crippen LogP contribution in [0.1, 0.15) is 49.3 Å². The summed E-state index contributed by atoms with van der Waals surface area (Å²) in [6, 6.07) is 5.51. The quantitative estimate of drug-likeness (QED) is 0.846. The molecule has 1 aromatic rings. The van der Waals surface area contributed by atoms with Gasteiger partial charge in [-0.25, -0.2) is 4.39 Å². The zero-order valence-electron chi connectivity index (χ0n) is 11.9. The van der Waals surface area contributed by atoms with Crippen molar-refractivity contribution in [1.82, 2.24) is 5.32 Å². The third kappa shape index (κ3) is 4.29. The van der Waals surface area contributed by atoms with Crippen LogP contribution in [0.2, 0.25) is 0 Å². The van der Waals surface area contributed by atoms with Crippen molar-refractivity contribution in [2.24, 2.45) is 0 Å². The lowest BCUT2D eigenvalue weighted by Gasteiger charge is -2.18. The van der Waals surface area contributed by atoms with Crippen LogP contribution < -0.4 is 5.32 Å². The number of benzene rings is 1. The number of rotatable bonds is 6. The first-order valence-electron chi connectivity index (χ1n) is 7.25. The molecule has 0 amide bonds. The number of aryl methyl sites for hydroxylation is 1. The SMILES string of the molecule is CNC(CCCC1CCCO1)c1cc(C)cc(F)c1. The van der Waals surface area contributed by atoms with Gasteiger partial charge in [0.25, 0.3) is 0 Å². The van der Waals surface area contributed by atoms with E-state index in [1.54, 1.807) is 12.1 Å². The van der Waals surface area contributed by atoms with E-state index in [0.29, 0.717) is 6.10 Å². The lowest BCUT2D eigenvalue weighted by molar-refractivity contribution is 0.101. The molecule has 19 heavy (non-hydrogen) atoms. The Kier molecular flexibility index (Phi) is 5.34. The average molecular weight is 265 g/mol. The molecule has 2 atom stereocenters. The van der Waals surface area contributed by atoms with E-state index in [9.17, 15) is 4.39 Å². The summed E-state index contributed by atoms with van der Waals surface area (Å²) < 4.78 is 19.1. The Morgan fingerprint density at radius 3 is 2.89 bits per heavy atom. The molecule has 1 aliphatic heterocycles. The van der Waals surface area contributed by atoms with E-state index in [2.05, 4.69) is 11.4 Å². The average Bonchev–Trinajstić information content (AvgIpc) is 2.86. The predicted octanol–water partition coefficient (Wildman–Crippen LogP) is 3.74. The van der Waals surface area contributed by atoms with Crippen LogP contribution in [-0.4, -0.2) is 19.8 Å². The van der Waals surface area contributed by atoms with Crippen LogP contribution in [0.25, 0.3) is 0 Å². The molecule has 1 N–H and O–H groups in total. The van der Waals surface area contributed by atoms with Crippen LogP contribution in [-0.2, 0) is 4.74 Å². The summed E-state index contributed by atoms with van der Waals surface area (Å²) in [5.41, 5.74) is 2.03. The molecule has 0 radical (unpaired) electrons. The first-order valence-corrected chi connectivity index (χ1v) is 7.25. The van der Waals surface area contributed by atoms with Crippen LogP contribution in [0.5, 0.6) is 0 Å². The minimum Gasteiger partial charge on any atom is -0.378 e. The second-order valence-corrected chi connectivity index (χ2v) is 5.47. The van der Waals surface area contributed by atoms with Crippen molar-refractivity contribution in [2.45, 2.75) is 51.2 Å². The van der Waals surface area contributed by atoms with Gasteiger partial charge < -0.3 is 10.1 Å². The summed E-state index contributed by atoms with van der Waals surface area (Å²) in [7, 11) is 1.94. The predicted molar refractivity (Wildman–Crippen MR) is 75.8 cm³/mol. The maximum absolute atomic E-state index is 13.4. The molecule has 2 nitrogen and oxygen atoms in total. The topological polar surface area (TPSA) is 21.3 Å². The van der Waals surface area contributed by atoms with Crippen LogP contribution in [0.15, 0.2) is 18.2 Å². The van der Waals surface area contributed by atoms with Gasteiger partial charge in [-0.1, -0.05) is 6.07 Å². The standard InChI is InChI=1S/C16H24FNO/c1-12-9-13(11-14(17)10-12)16(18-2)7-3-5-15-6-4-8-19-15/h9-11,15-16,18H,3-8H2,1-2H3. The van der Waals surface area contributed by atoms with E-state index in [1.165, 1.54) is 12.8 Å². The molecular weight excluding hydrogens is 241 g/mol. The Balaban J connectivity index is 1.87. The molecule has 0 aromatic heterocycles. The van der Waals surface area contributed by atoms with Crippen LogP contribution in [0.4, 0.5) is 4.39 Å². The van der Waals surface area contributed by atoms with Gasteiger partial charge in [0.15, 0.2) is 0 Å². The zero-order valence-corrected chi connectivity index (χ0v) is 11.9. The number of hydrogen-bond donors (Lipinski definition) is 1. The summed E-state index contributed by atoms with van der Waals surface area (Å²) >= 11 is 0. The monoisotopic (exact) mass is 265 g/mol. The minimum absolute atomic E-state index is 0.144. The third-order valence-corrected chi connectivity index (χ3v) is 3.86. The first-order chi connectivity index (χ1) is 9.19. The molecule has 0 aliphatic carbocycles. The van der Waals surface area contributed by atoms with E-state index in [-0.39, 0.29) is 11.9 Å². The van der Waals surface area contributed by atoms with Gasteiger partial charge in [-0.2, -0.15) is 0 Å². The van der Waals surface area contributed by atoms with E-state index in [0.717, 1.165) is 37.0 Å². The number of halogens is 1. The van der Waals surface area contributed by atoms with Crippen molar-refractivity contribution < 1.29 is 9.13 Å². The van der Waals surface area contributed by atoms with Gasteiger partial charge in [0.05, 0.1) is 6.10 Å². The van der Waals surface area contributed by atoms with Crippen molar-refractivity contribution in [3.63, 3.8) is 0 Å². The molecule has 1 aliphatic rings. The highest BCUT2D eigenvalue weighted by Gasteiger charge is 2.16.